The number of aliphatic carboxylic acids is 1. The van der Waals surface area contributed by atoms with Crippen LogP contribution in [0.25, 0.3) is 0 Å². The van der Waals surface area contributed by atoms with Crippen LogP contribution in [0.1, 0.15) is 65.7 Å². The van der Waals surface area contributed by atoms with Crippen LogP contribution >= 0.6 is 0 Å². The highest BCUT2D eigenvalue weighted by molar-refractivity contribution is 5.86. The molecular formula is C16H29NO4. The molecule has 5 heteroatoms. The lowest BCUT2D eigenvalue weighted by atomic mass is 9.99. The van der Waals surface area contributed by atoms with Gasteiger partial charge in [-0.3, -0.25) is 4.79 Å². The van der Waals surface area contributed by atoms with Gasteiger partial charge < -0.3 is 15.2 Å². The predicted octanol–water partition coefficient (Wildman–Crippen LogP) is 2.73. The second-order valence-corrected chi connectivity index (χ2v) is 6.10. The Morgan fingerprint density at radius 2 is 1.76 bits per heavy atom. The zero-order chi connectivity index (χ0) is 15.8. The first-order chi connectivity index (χ1) is 9.95. The van der Waals surface area contributed by atoms with E-state index in [1.54, 1.807) is 6.92 Å². The van der Waals surface area contributed by atoms with E-state index in [1.165, 1.54) is 12.8 Å². The van der Waals surface area contributed by atoms with Gasteiger partial charge in [0, 0.05) is 0 Å². The van der Waals surface area contributed by atoms with Crippen molar-refractivity contribution in [2.75, 3.05) is 0 Å². The van der Waals surface area contributed by atoms with E-state index >= 15 is 0 Å². The summed E-state index contributed by atoms with van der Waals surface area (Å²) < 4.78 is 5.82. The molecule has 0 aliphatic heterocycles. The quantitative estimate of drug-likeness (QED) is 0.709. The lowest BCUT2D eigenvalue weighted by molar-refractivity contribution is -0.146. The normalized spacial score (nSPS) is 21.1. The van der Waals surface area contributed by atoms with E-state index in [4.69, 9.17) is 4.74 Å². The van der Waals surface area contributed by atoms with Gasteiger partial charge in [-0.05, 0) is 25.7 Å². The van der Waals surface area contributed by atoms with Crippen molar-refractivity contribution in [3.8, 4) is 0 Å². The smallest absolute Gasteiger partial charge is 0.326 e. The van der Waals surface area contributed by atoms with Gasteiger partial charge in [-0.1, -0.05) is 46.0 Å². The van der Waals surface area contributed by atoms with Crippen LogP contribution in [0, 0.1) is 5.92 Å². The number of hydrogen-bond acceptors (Lipinski definition) is 3. The average molecular weight is 299 g/mol. The Bertz CT molecular complexity index is 337. The third-order valence-corrected chi connectivity index (χ3v) is 4.34. The Labute approximate surface area is 127 Å². The van der Waals surface area contributed by atoms with Crippen molar-refractivity contribution in [2.24, 2.45) is 5.92 Å². The van der Waals surface area contributed by atoms with Crippen LogP contribution < -0.4 is 5.32 Å². The third-order valence-electron chi connectivity index (χ3n) is 4.34. The zero-order valence-corrected chi connectivity index (χ0v) is 13.4. The summed E-state index contributed by atoms with van der Waals surface area (Å²) in [6.45, 7) is 5.45. The summed E-state index contributed by atoms with van der Waals surface area (Å²) in [6.07, 6.45) is 6.96. The highest BCUT2D eigenvalue weighted by Gasteiger charge is 2.28. The summed E-state index contributed by atoms with van der Waals surface area (Å²) in [5, 5.41) is 11.8. The molecule has 0 spiro atoms. The second-order valence-electron chi connectivity index (χ2n) is 6.10. The Balaban J connectivity index is 2.50. The summed E-state index contributed by atoms with van der Waals surface area (Å²) >= 11 is 0. The van der Waals surface area contributed by atoms with Gasteiger partial charge >= 0.3 is 5.97 Å². The molecule has 3 unspecified atom stereocenters. The van der Waals surface area contributed by atoms with Gasteiger partial charge in [0.2, 0.25) is 5.91 Å². The van der Waals surface area contributed by atoms with Crippen LogP contribution in [0.15, 0.2) is 0 Å². The van der Waals surface area contributed by atoms with E-state index in [2.05, 4.69) is 5.32 Å². The monoisotopic (exact) mass is 299 g/mol. The Morgan fingerprint density at radius 1 is 1.19 bits per heavy atom. The first kappa shape index (κ1) is 18.0. The first-order valence-electron chi connectivity index (χ1n) is 8.14. The Hall–Kier alpha value is -1.10. The number of rotatable bonds is 7. The molecule has 0 bridgehead atoms. The number of amides is 1. The van der Waals surface area contributed by atoms with Gasteiger partial charge in [-0.15, -0.1) is 0 Å². The third kappa shape index (κ3) is 6.04. The van der Waals surface area contributed by atoms with Gasteiger partial charge in [0.15, 0.2) is 0 Å². The lowest BCUT2D eigenvalue weighted by Crippen LogP contribution is -2.49. The van der Waals surface area contributed by atoms with Gasteiger partial charge in [-0.2, -0.15) is 0 Å². The molecule has 1 fully saturated rings. The Kier molecular flexibility index (Phi) is 7.72. The molecule has 1 aliphatic rings. The average Bonchev–Trinajstić information content (AvgIpc) is 2.71. The minimum atomic E-state index is -0.987. The topological polar surface area (TPSA) is 75.6 Å². The fraction of sp³-hybridized carbons (Fsp3) is 0.875. The van der Waals surface area contributed by atoms with E-state index < -0.39 is 18.1 Å². The minimum Gasteiger partial charge on any atom is -0.480 e. The maximum Gasteiger partial charge on any atom is 0.326 e. The lowest BCUT2D eigenvalue weighted by Gasteiger charge is -2.24. The highest BCUT2D eigenvalue weighted by Crippen LogP contribution is 2.21. The van der Waals surface area contributed by atoms with E-state index in [-0.39, 0.29) is 17.9 Å². The van der Waals surface area contributed by atoms with Gasteiger partial charge in [0.25, 0.3) is 0 Å². The molecule has 122 valence electrons. The number of carboxylic acid groups (broad SMARTS) is 1. The molecule has 0 aromatic rings. The van der Waals surface area contributed by atoms with Crippen molar-refractivity contribution in [1.29, 1.82) is 0 Å². The van der Waals surface area contributed by atoms with Crippen LogP contribution in [0.2, 0.25) is 0 Å². The molecule has 0 saturated heterocycles. The van der Waals surface area contributed by atoms with Gasteiger partial charge in [0.05, 0.1) is 6.10 Å². The summed E-state index contributed by atoms with van der Waals surface area (Å²) in [6, 6.07) is -0.845. The number of carbonyl (C=O) groups is 2. The minimum absolute atomic E-state index is 0.100. The van der Waals surface area contributed by atoms with Crippen LogP contribution in [0.4, 0.5) is 0 Å². The van der Waals surface area contributed by atoms with E-state index in [0.717, 1.165) is 25.7 Å². The molecule has 0 aromatic heterocycles. The maximum atomic E-state index is 12.1. The highest BCUT2D eigenvalue weighted by atomic mass is 16.5. The van der Waals surface area contributed by atoms with Crippen molar-refractivity contribution in [3.05, 3.63) is 0 Å². The maximum absolute atomic E-state index is 12.1. The summed E-state index contributed by atoms with van der Waals surface area (Å²) in [5.74, 6) is -1.41. The fourth-order valence-corrected chi connectivity index (χ4v) is 2.68. The first-order valence-corrected chi connectivity index (χ1v) is 8.14. The molecule has 1 amide bonds. The van der Waals surface area contributed by atoms with Crippen molar-refractivity contribution >= 4 is 11.9 Å². The van der Waals surface area contributed by atoms with Crippen molar-refractivity contribution in [1.82, 2.24) is 5.32 Å². The standard InChI is InChI=1S/C16H29NO4/c1-4-11(2)14(16(19)20)17-15(18)12(3)21-13-9-7-5-6-8-10-13/h11-14H,4-10H2,1-3H3,(H,17,18)(H,19,20). The summed E-state index contributed by atoms with van der Waals surface area (Å²) in [4.78, 5) is 23.4. The van der Waals surface area contributed by atoms with Crippen LogP contribution in [0.3, 0.4) is 0 Å². The number of nitrogens with one attached hydrogen (secondary N) is 1. The predicted molar refractivity (Wildman–Crippen MR) is 81.1 cm³/mol. The molecule has 1 aliphatic carbocycles. The summed E-state index contributed by atoms with van der Waals surface area (Å²) in [5.41, 5.74) is 0. The number of carboxylic acids is 1. The van der Waals surface area contributed by atoms with Crippen molar-refractivity contribution in [3.63, 3.8) is 0 Å². The molecule has 0 heterocycles. The SMILES string of the molecule is CCC(C)C(NC(=O)C(C)OC1CCCCCC1)C(=O)O. The molecule has 0 aromatic carbocycles. The summed E-state index contributed by atoms with van der Waals surface area (Å²) in [7, 11) is 0. The van der Waals surface area contributed by atoms with Crippen molar-refractivity contribution in [2.45, 2.75) is 84.0 Å². The van der Waals surface area contributed by atoms with Gasteiger partial charge in [-0.25, -0.2) is 4.79 Å². The largest absolute Gasteiger partial charge is 0.480 e. The molecule has 5 nitrogen and oxygen atoms in total. The molecular weight excluding hydrogens is 270 g/mol. The molecule has 2 N–H and O–H groups in total. The van der Waals surface area contributed by atoms with E-state index in [1.807, 2.05) is 13.8 Å². The molecule has 21 heavy (non-hydrogen) atoms. The Morgan fingerprint density at radius 3 is 2.24 bits per heavy atom. The number of ether oxygens (including phenoxy) is 1. The molecule has 3 atom stereocenters. The molecule has 0 radical (unpaired) electrons. The number of hydrogen-bond donors (Lipinski definition) is 2. The fourth-order valence-electron chi connectivity index (χ4n) is 2.68. The number of carbonyl (C=O) groups excluding carboxylic acids is 1. The van der Waals surface area contributed by atoms with E-state index in [9.17, 15) is 14.7 Å². The van der Waals surface area contributed by atoms with Crippen LogP contribution in [-0.2, 0) is 14.3 Å². The van der Waals surface area contributed by atoms with E-state index in [0.29, 0.717) is 6.42 Å². The zero-order valence-electron chi connectivity index (χ0n) is 13.4. The van der Waals surface area contributed by atoms with Crippen LogP contribution in [-0.4, -0.2) is 35.2 Å². The molecule has 1 rings (SSSR count). The van der Waals surface area contributed by atoms with Gasteiger partial charge in [0.1, 0.15) is 12.1 Å². The second kappa shape index (κ2) is 9.03. The molecule has 1 saturated carbocycles. The van der Waals surface area contributed by atoms with Crippen molar-refractivity contribution < 1.29 is 19.4 Å². The van der Waals surface area contributed by atoms with Crippen LogP contribution in [0.5, 0.6) is 0 Å².